The summed E-state index contributed by atoms with van der Waals surface area (Å²) in [4.78, 5) is 2.83. The summed E-state index contributed by atoms with van der Waals surface area (Å²) in [5.74, 6) is -0.402. The smallest absolute Gasteiger partial charge is 0.177 e. The van der Waals surface area contributed by atoms with Crippen LogP contribution >= 0.6 is 11.6 Å². The lowest BCUT2D eigenvalue weighted by Crippen LogP contribution is -1.90. The average molecular weight is 213 g/mol. The van der Waals surface area contributed by atoms with Crippen molar-refractivity contribution < 1.29 is 9.60 Å². The Morgan fingerprint density at radius 3 is 3.00 bits per heavy atom. The van der Waals surface area contributed by atoms with Crippen molar-refractivity contribution in [3.63, 3.8) is 0 Å². The molecule has 0 unspecified atom stereocenters. The molecule has 0 saturated carbocycles. The van der Waals surface area contributed by atoms with Gasteiger partial charge in [-0.1, -0.05) is 22.8 Å². The molecule has 0 fully saturated rings. The molecule has 14 heavy (non-hydrogen) atoms. The second-order valence-corrected chi connectivity index (χ2v) is 3.11. The van der Waals surface area contributed by atoms with Crippen molar-refractivity contribution in [1.29, 1.82) is 0 Å². The number of fused-ring (bicyclic) bond motifs is 1. The van der Waals surface area contributed by atoms with Crippen molar-refractivity contribution in [2.24, 2.45) is 5.16 Å². The molecule has 2 N–H and O–H groups in total. The van der Waals surface area contributed by atoms with Crippen molar-refractivity contribution in [2.45, 2.75) is 0 Å². The van der Waals surface area contributed by atoms with Crippen LogP contribution in [0.5, 0.6) is 0 Å². The van der Waals surface area contributed by atoms with E-state index < -0.39 is 5.82 Å². The van der Waals surface area contributed by atoms with Gasteiger partial charge >= 0.3 is 0 Å². The van der Waals surface area contributed by atoms with E-state index in [-0.39, 0.29) is 5.17 Å². The van der Waals surface area contributed by atoms with E-state index in [2.05, 4.69) is 10.1 Å². The van der Waals surface area contributed by atoms with Gasteiger partial charge in [-0.3, -0.25) is 0 Å². The van der Waals surface area contributed by atoms with Crippen LogP contribution in [-0.4, -0.2) is 15.4 Å². The van der Waals surface area contributed by atoms with Crippen LogP contribution in [0, 0.1) is 5.82 Å². The normalized spacial score (nSPS) is 12.3. The number of oxime groups is 1. The number of hydrogen-bond acceptors (Lipinski definition) is 2. The minimum Gasteiger partial charge on any atom is -0.410 e. The number of hydrogen-bond donors (Lipinski definition) is 2. The number of nitrogens with one attached hydrogen (secondary N) is 1. The fourth-order valence-corrected chi connectivity index (χ4v) is 1.51. The van der Waals surface area contributed by atoms with E-state index in [1.165, 1.54) is 12.3 Å². The third-order valence-corrected chi connectivity index (χ3v) is 2.24. The van der Waals surface area contributed by atoms with Crippen molar-refractivity contribution >= 4 is 27.7 Å². The van der Waals surface area contributed by atoms with Gasteiger partial charge in [-0.2, -0.15) is 0 Å². The number of rotatable bonds is 1. The first kappa shape index (κ1) is 9.02. The summed E-state index contributed by atoms with van der Waals surface area (Å²) in [6.07, 6.45) is 1.50. The van der Waals surface area contributed by atoms with Crippen LogP contribution in [0.3, 0.4) is 0 Å². The van der Waals surface area contributed by atoms with Crippen LogP contribution in [0.4, 0.5) is 4.39 Å². The van der Waals surface area contributed by atoms with Crippen LogP contribution in [-0.2, 0) is 0 Å². The molecule has 0 amide bonds. The molecule has 5 heteroatoms. The van der Waals surface area contributed by atoms with Crippen molar-refractivity contribution in [3.8, 4) is 0 Å². The first-order chi connectivity index (χ1) is 6.74. The van der Waals surface area contributed by atoms with Crippen molar-refractivity contribution in [1.82, 2.24) is 4.98 Å². The standard InChI is InChI=1S/C9H6ClFN2O/c10-9(13-14)5-4-12-7-3-1-2-6(11)8(5)7/h1-4,12,14H. The van der Waals surface area contributed by atoms with Gasteiger partial charge in [0, 0.05) is 22.7 Å². The van der Waals surface area contributed by atoms with E-state index in [4.69, 9.17) is 16.8 Å². The molecule has 0 radical (unpaired) electrons. The van der Waals surface area contributed by atoms with E-state index in [1.807, 2.05) is 0 Å². The summed E-state index contributed by atoms with van der Waals surface area (Å²) in [6.45, 7) is 0. The highest BCUT2D eigenvalue weighted by molar-refractivity contribution is 6.70. The van der Waals surface area contributed by atoms with E-state index >= 15 is 0 Å². The Morgan fingerprint density at radius 2 is 2.29 bits per heavy atom. The maximum absolute atomic E-state index is 13.4. The SMILES string of the molecule is ON=C(Cl)c1c[nH]c2cccc(F)c12. The number of aromatic nitrogens is 1. The number of halogens is 2. The van der Waals surface area contributed by atoms with Gasteiger partial charge in [-0.25, -0.2) is 4.39 Å². The highest BCUT2D eigenvalue weighted by Crippen LogP contribution is 2.22. The monoisotopic (exact) mass is 212 g/mol. The summed E-state index contributed by atoms with van der Waals surface area (Å²) in [5.41, 5.74) is 0.962. The molecule has 0 atom stereocenters. The lowest BCUT2D eigenvalue weighted by molar-refractivity contribution is 0.321. The third-order valence-electron chi connectivity index (χ3n) is 1.97. The molecule has 0 aliphatic heterocycles. The molecule has 2 aromatic rings. The summed E-state index contributed by atoms with van der Waals surface area (Å²) < 4.78 is 13.4. The molecule has 1 aromatic heterocycles. The lowest BCUT2D eigenvalue weighted by atomic mass is 10.2. The van der Waals surface area contributed by atoms with Crippen LogP contribution in [0.25, 0.3) is 10.9 Å². The summed E-state index contributed by atoms with van der Waals surface area (Å²) in [7, 11) is 0. The zero-order chi connectivity index (χ0) is 10.1. The molecule has 0 bridgehead atoms. The van der Waals surface area contributed by atoms with Crippen LogP contribution in [0.2, 0.25) is 0 Å². The van der Waals surface area contributed by atoms with E-state index in [1.54, 1.807) is 12.1 Å². The maximum Gasteiger partial charge on any atom is 0.177 e. The van der Waals surface area contributed by atoms with Crippen molar-refractivity contribution in [2.75, 3.05) is 0 Å². The van der Waals surface area contributed by atoms with Gasteiger partial charge in [0.15, 0.2) is 5.17 Å². The Kier molecular flexibility index (Phi) is 2.13. The number of aromatic amines is 1. The maximum atomic E-state index is 13.4. The molecule has 0 saturated heterocycles. The van der Waals surface area contributed by atoms with Gasteiger partial charge in [0.1, 0.15) is 5.82 Å². The first-order valence-corrected chi connectivity index (χ1v) is 4.25. The van der Waals surface area contributed by atoms with Gasteiger partial charge < -0.3 is 10.2 Å². The molecule has 1 heterocycles. The Bertz CT molecular complexity index is 506. The Hall–Kier alpha value is -1.55. The predicted octanol–water partition coefficient (Wildman–Crippen LogP) is 2.68. The fraction of sp³-hybridized carbons (Fsp3) is 0. The van der Waals surface area contributed by atoms with Gasteiger partial charge in [0.05, 0.1) is 0 Å². The van der Waals surface area contributed by atoms with Gasteiger partial charge in [-0.15, -0.1) is 0 Å². The highest BCUT2D eigenvalue weighted by Gasteiger charge is 2.11. The zero-order valence-corrected chi connectivity index (χ0v) is 7.72. The largest absolute Gasteiger partial charge is 0.410 e. The van der Waals surface area contributed by atoms with Gasteiger partial charge in [-0.05, 0) is 12.1 Å². The van der Waals surface area contributed by atoms with Crippen molar-refractivity contribution in [3.05, 3.63) is 35.8 Å². The van der Waals surface area contributed by atoms with Crippen LogP contribution in [0.15, 0.2) is 29.6 Å². The highest BCUT2D eigenvalue weighted by atomic mass is 35.5. The number of nitrogens with zero attached hydrogens (tertiary/aromatic N) is 1. The molecule has 1 aromatic carbocycles. The Morgan fingerprint density at radius 1 is 1.50 bits per heavy atom. The van der Waals surface area contributed by atoms with E-state index in [0.29, 0.717) is 16.5 Å². The summed E-state index contributed by atoms with van der Waals surface area (Å²) in [5, 5.41) is 11.5. The van der Waals surface area contributed by atoms with Crippen LogP contribution < -0.4 is 0 Å². The quantitative estimate of drug-likeness (QED) is 0.426. The molecular formula is C9H6ClFN2O. The van der Waals surface area contributed by atoms with Crippen LogP contribution in [0.1, 0.15) is 5.56 Å². The minimum atomic E-state index is -0.402. The summed E-state index contributed by atoms with van der Waals surface area (Å²) >= 11 is 5.60. The van der Waals surface area contributed by atoms with E-state index in [9.17, 15) is 4.39 Å². The lowest BCUT2D eigenvalue weighted by Gasteiger charge is -1.95. The molecule has 72 valence electrons. The zero-order valence-electron chi connectivity index (χ0n) is 6.96. The third kappa shape index (κ3) is 1.24. The topological polar surface area (TPSA) is 48.4 Å². The molecule has 3 nitrogen and oxygen atoms in total. The second kappa shape index (κ2) is 3.31. The fourth-order valence-electron chi connectivity index (χ4n) is 1.36. The van der Waals surface area contributed by atoms with Gasteiger partial charge in [0.25, 0.3) is 0 Å². The Labute approximate surface area is 83.8 Å². The van der Waals surface area contributed by atoms with Gasteiger partial charge in [0.2, 0.25) is 0 Å². The minimum absolute atomic E-state index is 0.138. The molecular weight excluding hydrogens is 207 g/mol. The first-order valence-electron chi connectivity index (χ1n) is 3.87. The molecule has 0 aliphatic carbocycles. The predicted molar refractivity (Wildman–Crippen MR) is 52.4 cm³/mol. The molecule has 0 aliphatic rings. The number of H-pyrrole nitrogens is 1. The average Bonchev–Trinajstić information content (AvgIpc) is 2.62. The molecule has 0 spiro atoms. The Balaban J connectivity index is 2.80. The molecule has 2 rings (SSSR count). The number of benzene rings is 1. The second-order valence-electron chi connectivity index (χ2n) is 2.76. The van der Waals surface area contributed by atoms with E-state index in [0.717, 1.165) is 0 Å². The summed E-state index contributed by atoms with van der Waals surface area (Å²) in [6, 6.07) is 4.62.